The summed E-state index contributed by atoms with van der Waals surface area (Å²) in [6, 6.07) is 9.76. The van der Waals surface area contributed by atoms with Gasteiger partial charge in [0.1, 0.15) is 18.2 Å². The van der Waals surface area contributed by atoms with E-state index in [0.717, 1.165) is 16.7 Å². The van der Waals surface area contributed by atoms with Crippen molar-refractivity contribution >= 4 is 35.2 Å². The summed E-state index contributed by atoms with van der Waals surface area (Å²) in [7, 11) is 0. The quantitative estimate of drug-likeness (QED) is 0.498. The first kappa shape index (κ1) is 28.1. The predicted octanol–water partition coefficient (Wildman–Crippen LogP) is 4.29. The zero-order valence-electron chi connectivity index (χ0n) is 21.1. The minimum atomic E-state index is -1.08. The van der Waals surface area contributed by atoms with Crippen molar-refractivity contribution in [3.05, 3.63) is 63.7 Å². The summed E-state index contributed by atoms with van der Waals surface area (Å²) >= 11 is 6.32. The number of hydrogen-bond acceptors (Lipinski definition) is 5. The Labute approximate surface area is 211 Å². The van der Waals surface area contributed by atoms with E-state index < -0.39 is 36.1 Å². The van der Waals surface area contributed by atoms with E-state index in [1.807, 2.05) is 45.0 Å². The molecule has 2 aromatic carbocycles. The molecule has 0 spiro atoms. The van der Waals surface area contributed by atoms with Gasteiger partial charge >= 0.3 is 6.09 Å². The molecule has 0 heterocycles. The number of nitrogens with one attached hydrogen (secondary N) is 2. The van der Waals surface area contributed by atoms with Crippen LogP contribution in [0.2, 0.25) is 5.02 Å². The van der Waals surface area contributed by atoms with Crippen LogP contribution in [0.4, 0.5) is 10.5 Å². The average Bonchev–Trinajstić information content (AvgIpc) is 2.72. The highest BCUT2D eigenvalue weighted by Crippen LogP contribution is 2.29. The third kappa shape index (κ3) is 8.26. The number of aryl methyl sites for hydroxylation is 3. The number of anilines is 1. The van der Waals surface area contributed by atoms with Crippen LogP contribution < -0.4 is 10.6 Å². The second-order valence-corrected chi connectivity index (χ2v) is 9.82. The van der Waals surface area contributed by atoms with Crippen LogP contribution >= 0.6 is 11.6 Å². The molecule has 0 aliphatic rings. The van der Waals surface area contributed by atoms with Crippen LogP contribution in [-0.4, -0.2) is 53.2 Å². The zero-order chi connectivity index (χ0) is 26.3. The van der Waals surface area contributed by atoms with Crippen molar-refractivity contribution in [3.8, 4) is 0 Å². The second-order valence-electron chi connectivity index (χ2n) is 9.41. The normalized spacial score (nSPS) is 12.0. The van der Waals surface area contributed by atoms with Gasteiger partial charge in [-0.25, -0.2) is 4.79 Å². The molecule has 2 rings (SSSR count). The van der Waals surface area contributed by atoms with E-state index >= 15 is 0 Å². The molecule has 35 heavy (non-hydrogen) atoms. The van der Waals surface area contributed by atoms with Crippen LogP contribution in [-0.2, 0) is 14.3 Å². The lowest BCUT2D eigenvalue weighted by Gasteiger charge is -2.32. The topological polar surface area (TPSA) is 108 Å². The molecule has 0 bridgehead atoms. The lowest BCUT2D eigenvalue weighted by molar-refractivity contribution is -0.138. The standard InChI is InChI=1S/C26H34ClN3O5/c1-16-12-17(2)14-19(13-16)23(24(33)29-22-18(3)8-7-9-20(22)27)30(10-11-31)21(32)15-28-25(34)35-26(4,5)6/h7-9,12-14,23,31H,10-11,15H2,1-6H3,(H,28,34)(H,29,33). The molecule has 2 aromatic rings. The van der Waals surface area contributed by atoms with Gasteiger partial charge in [0.2, 0.25) is 5.91 Å². The molecule has 0 saturated carbocycles. The van der Waals surface area contributed by atoms with Crippen molar-refractivity contribution in [1.82, 2.24) is 10.2 Å². The van der Waals surface area contributed by atoms with Gasteiger partial charge in [0.05, 0.1) is 17.3 Å². The number of alkyl carbamates (subject to hydrolysis) is 1. The molecular weight excluding hydrogens is 470 g/mol. The van der Waals surface area contributed by atoms with Crippen molar-refractivity contribution < 1.29 is 24.2 Å². The third-order valence-electron chi connectivity index (χ3n) is 5.03. The number of carbonyl (C=O) groups is 3. The first-order valence-electron chi connectivity index (χ1n) is 11.3. The van der Waals surface area contributed by atoms with Gasteiger partial charge < -0.3 is 25.4 Å². The predicted molar refractivity (Wildman–Crippen MR) is 137 cm³/mol. The van der Waals surface area contributed by atoms with E-state index in [2.05, 4.69) is 10.6 Å². The molecule has 8 nitrogen and oxygen atoms in total. The third-order valence-corrected chi connectivity index (χ3v) is 5.35. The molecule has 0 radical (unpaired) electrons. The molecule has 0 aliphatic carbocycles. The minimum absolute atomic E-state index is 0.124. The Hall–Kier alpha value is -3.10. The van der Waals surface area contributed by atoms with Gasteiger partial charge in [0.25, 0.3) is 5.91 Å². The number of carbonyl (C=O) groups excluding carboxylic acids is 3. The molecule has 0 saturated heterocycles. The Kier molecular flexibility index (Phi) is 9.68. The van der Waals surface area contributed by atoms with Gasteiger partial charge in [0, 0.05) is 6.54 Å². The number of rotatable bonds is 8. The van der Waals surface area contributed by atoms with E-state index in [9.17, 15) is 19.5 Å². The summed E-state index contributed by atoms with van der Waals surface area (Å²) in [6.45, 7) is 9.83. The van der Waals surface area contributed by atoms with E-state index in [-0.39, 0.29) is 13.2 Å². The monoisotopic (exact) mass is 503 g/mol. The van der Waals surface area contributed by atoms with Crippen molar-refractivity contribution in [1.29, 1.82) is 0 Å². The molecule has 3 N–H and O–H groups in total. The summed E-state index contributed by atoms with van der Waals surface area (Å²) in [4.78, 5) is 40.2. The minimum Gasteiger partial charge on any atom is -0.444 e. The second kappa shape index (κ2) is 12.0. The fraction of sp³-hybridized carbons (Fsp3) is 0.423. The fourth-order valence-corrected chi connectivity index (χ4v) is 3.96. The number of benzene rings is 2. The summed E-state index contributed by atoms with van der Waals surface area (Å²) in [5.41, 5.74) is 2.87. The zero-order valence-corrected chi connectivity index (χ0v) is 21.8. The van der Waals surface area contributed by atoms with Crippen LogP contribution in [0.15, 0.2) is 36.4 Å². The Morgan fingerprint density at radius 1 is 1.09 bits per heavy atom. The van der Waals surface area contributed by atoms with Crippen molar-refractivity contribution in [3.63, 3.8) is 0 Å². The Balaban J connectivity index is 2.42. The maximum absolute atomic E-state index is 13.6. The van der Waals surface area contributed by atoms with E-state index in [1.165, 1.54) is 4.90 Å². The maximum Gasteiger partial charge on any atom is 0.408 e. The molecule has 1 unspecified atom stereocenters. The highest BCUT2D eigenvalue weighted by atomic mass is 35.5. The first-order chi connectivity index (χ1) is 16.3. The largest absolute Gasteiger partial charge is 0.444 e. The lowest BCUT2D eigenvalue weighted by atomic mass is 9.98. The number of ether oxygens (including phenoxy) is 1. The number of halogens is 1. The van der Waals surface area contributed by atoms with E-state index in [4.69, 9.17) is 16.3 Å². The van der Waals surface area contributed by atoms with Gasteiger partial charge in [-0.2, -0.15) is 0 Å². The first-order valence-corrected chi connectivity index (χ1v) is 11.7. The highest BCUT2D eigenvalue weighted by molar-refractivity contribution is 6.34. The molecule has 0 aromatic heterocycles. The van der Waals surface area contributed by atoms with E-state index in [0.29, 0.717) is 16.3 Å². The Morgan fingerprint density at radius 3 is 2.26 bits per heavy atom. The van der Waals surface area contributed by atoms with Crippen LogP contribution in [0.1, 0.15) is 49.1 Å². The van der Waals surface area contributed by atoms with Crippen molar-refractivity contribution in [2.75, 3.05) is 25.0 Å². The van der Waals surface area contributed by atoms with Gasteiger partial charge in [-0.1, -0.05) is 53.1 Å². The SMILES string of the molecule is Cc1cc(C)cc(C(C(=O)Nc2c(C)cccc2Cl)N(CCO)C(=O)CNC(=O)OC(C)(C)C)c1. The highest BCUT2D eigenvalue weighted by Gasteiger charge is 2.32. The van der Waals surface area contributed by atoms with Crippen molar-refractivity contribution in [2.45, 2.75) is 53.2 Å². The number of para-hydroxylation sites is 1. The summed E-state index contributed by atoms with van der Waals surface area (Å²) in [5, 5.41) is 15.4. The van der Waals surface area contributed by atoms with Gasteiger partial charge in [0.15, 0.2) is 0 Å². The Morgan fingerprint density at radius 2 is 1.71 bits per heavy atom. The maximum atomic E-state index is 13.6. The number of hydrogen-bond donors (Lipinski definition) is 3. The molecule has 190 valence electrons. The molecule has 0 fully saturated rings. The lowest BCUT2D eigenvalue weighted by Crippen LogP contribution is -2.47. The number of nitrogens with zero attached hydrogens (tertiary/aromatic N) is 1. The Bertz CT molecular complexity index is 1040. The molecule has 1 atom stereocenters. The number of aliphatic hydroxyl groups is 1. The summed E-state index contributed by atoms with van der Waals surface area (Å²) < 4.78 is 5.19. The summed E-state index contributed by atoms with van der Waals surface area (Å²) in [5.74, 6) is -1.05. The summed E-state index contributed by atoms with van der Waals surface area (Å²) in [6.07, 6.45) is -0.756. The van der Waals surface area contributed by atoms with E-state index in [1.54, 1.807) is 32.9 Å². The average molecular weight is 504 g/mol. The van der Waals surface area contributed by atoms with Gasteiger partial charge in [-0.05, 0) is 58.7 Å². The van der Waals surface area contributed by atoms with Crippen LogP contribution in [0, 0.1) is 20.8 Å². The van der Waals surface area contributed by atoms with Crippen LogP contribution in [0.3, 0.4) is 0 Å². The molecule has 9 heteroatoms. The number of amides is 3. The van der Waals surface area contributed by atoms with Gasteiger partial charge in [-0.3, -0.25) is 9.59 Å². The molecular formula is C26H34ClN3O5. The smallest absolute Gasteiger partial charge is 0.408 e. The van der Waals surface area contributed by atoms with Gasteiger partial charge in [-0.15, -0.1) is 0 Å². The molecule has 0 aliphatic heterocycles. The molecule has 3 amide bonds. The fourth-order valence-electron chi connectivity index (χ4n) is 3.69. The van der Waals surface area contributed by atoms with Crippen LogP contribution in [0.5, 0.6) is 0 Å². The van der Waals surface area contributed by atoms with Crippen molar-refractivity contribution in [2.24, 2.45) is 0 Å². The van der Waals surface area contributed by atoms with Crippen LogP contribution in [0.25, 0.3) is 0 Å². The number of aliphatic hydroxyl groups excluding tert-OH is 1.